The number of rotatable bonds is 5. The van der Waals surface area contributed by atoms with E-state index in [1.54, 1.807) is 19.1 Å². The molecule has 0 fully saturated rings. The molecule has 0 aliphatic carbocycles. The van der Waals surface area contributed by atoms with E-state index in [1.165, 1.54) is 6.08 Å². The van der Waals surface area contributed by atoms with Crippen LogP contribution in [0.25, 0.3) is 17.0 Å². The van der Waals surface area contributed by atoms with Gasteiger partial charge in [0, 0.05) is 23.0 Å². The molecule has 1 atom stereocenters. The number of carbonyl (C=O) groups excluding carboxylic acids is 1. The lowest BCUT2D eigenvalue weighted by Gasteiger charge is -2.04. The molecule has 2 aromatic rings. The number of benzene rings is 1. The van der Waals surface area contributed by atoms with Crippen LogP contribution in [0.2, 0.25) is 5.02 Å². The van der Waals surface area contributed by atoms with E-state index in [2.05, 4.69) is 10.3 Å². The zero-order valence-corrected chi connectivity index (χ0v) is 12.5. The minimum atomic E-state index is -0.416. The molecule has 2 N–H and O–H groups in total. The number of carbonyl (C=O) groups is 1. The SMILES string of the molecule is CC(O)CCNC(=O)/C=C/c1ccc2ccc(Cl)cc2n1. The highest BCUT2D eigenvalue weighted by atomic mass is 35.5. The molecule has 0 bridgehead atoms. The van der Waals surface area contributed by atoms with Crippen molar-refractivity contribution in [2.45, 2.75) is 19.4 Å². The standard InChI is InChI=1S/C16H17ClN2O2/c1-11(20)8-9-18-16(21)7-6-14-5-3-12-2-4-13(17)10-15(12)19-14/h2-7,10-11,20H,8-9H2,1H3,(H,18,21)/b7-6+. The van der Waals surface area contributed by atoms with Gasteiger partial charge in [-0.15, -0.1) is 0 Å². The Morgan fingerprint density at radius 2 is 2.19 bits per heavy atom. The minimum Gasteiger partial charge on any atom is -0.393 e. The van der Waals surface area contributed by atoms with Gasteiger partial charge in [-0.3, -0.25) is 4.79 Å². The monoisotopic (exact) mass is 304 g/mol. The van der Waals surface area contributed by atoms with Crippen LogP contribution in [0.4, 0.5) is 0 Å². The summed E-state index contributed by atoms with van der Waals surface area (Å²) in [4.78, 5) is 16.0. The molecule has 0 saturated heterocycles. The summed E-state index contributed by atoms with van der Waals surface area (Å²) in [6.07, 6.45) is 3.20. The summed E-state index contributed by atoms with van der Waals surface area (Å²) in [6, 6.07) is 9.29. The molecule has 1 amide bonds. The summed E-state index contributed by atoms with van der Waals surface area (Å²) in [7, 11) is 0. The molecule has 0 aliphatic rings. The van der Waals surface area contributed by atoms with Crippen molar-refractivity contribution >= 4 is 34.5 Å². The van der Waals surface area contributed by atoms with E-state index in [0.717, 1.165) is 10.9 Å². The Kier molecular flexibility index (Phi) is 5.31. The molecule has 0 saturated carbocycles. The molecular weight excluding hydrogens is 288 g/mol. The van der Waals surface area contributed by atoms with Crippen molar-refractivity contribution in [3.63, 3.8) is 0 Å². The first kappa shape index (κ1) is 15.5. The zero-order valence-electron chi connectivity index (χ0n) is 11.7. The summed E-state index contributed by atoms with van der Waals surface area (Å²) in [5.41, 5.74) is 1.48. The van der Waals surface area contributed by atoms with Crippen LogP contribution < -0.4 is 5.32 Å². The normalized spacial score (nSPS) is 12.7. The molecule has 21 heavy (non-hydrogen) atoms. The van der Waals surface area contributed by atoms with Gasteiger partial charge in [-0.25, -0.2) is 4.98 Å². The number of hydrogen-bond donors (Lipinski definition) is 2. The number of hydrogen-bond acceptors (Lipinski definition) is 3. The fraction of sp³-hybridized carbons (Fsp3) is 0.250. The van der Waals surface area contributed by atoms with E-state index in [-0.39, 0.29) is 5.91 Å². The summed E-state index contributed by atoms with van der Waals surface area (Å²) in [5.74, 6) is -0.205. The Labute approximate surface area is 128 Å². The van der Waals surface area contributed by atoms with Crippen LogP contribution >= 0.6 is 11.6 Å². The Bertz CT molecular complexity index is 668. The van der Waals surface area contributed by atoms with Crippen LogP contribution in [-0.2, 0) is 4.79 Å². The van der Waals surface area contributed by atoms with Crippen molar-refractivity contribution < 1.29 is 9.90 Å². The molecule has 0 radical (unpaired) electrons. The Balaban J connectivity index is 2.02. The van der Waals surface area contributed by atoms with Gasteiger partial charge in [0.15, 0.2) is 0 Å². The van der Waals surface area contributed by atoms with Crippen LogP contribution in [0, 0.1) is 0 Å². The first-order valence-corrected chi connectivity index (χ1v) is 7.13. The maximum absolute atomic E-state index is 11.6. The molecule has 5 heteroatoms. The molecule has 1 aromatic heterocycles. The number of aromatic nitrogens is 1. The summed E-state index contributed by atoms with van der Waals surface area (Å²) in [5, 5.41) is 13.4. The van der Waals surface area contributed by atoms with Gasteiger partial charge in [0.2, 0.25) is 5.91 Å². The third kappa shape index (κ3) is 4.85. The van der Waals surface area contributed by atoms with Gasteiger partial charge in [0.05, 0.1) is 17.3 Å². The summed E-state index contributed by atoms with van der Waals surface area (Å²) >= 11 is 5.94. The second-order valence-corrected chi connectivity index (χ2v) is 5.27. The third-order valence-electron chi connectivity index (χ3n) is 2.94. The number of nitrogens with zero attached hydrogens (tertiary/aromatic N) is 1. The first-order chi connectivity index (χ1) is 10.0. The lowest BCUT2D eigenvalue weighted by atomic mass is 10.2. The first-order valence-electron chi connectivity index (χ1n) is 6.75. The number of pyridine rings is 1. The maximum Gasteiger partial charge on any atom is 0.244 e. The smallest absolute Gasteiger partial charge is 0.244 e. The topological polar surface area (TPSA) is 62.2 Å². The van der Waals surface area contributed by atoms with E-state index in [4.69, 9.17) is 16.7 Å². The largest absolute Gasteiger partial charge is 0.393 e. The molecule has 4 nitrogen and oxygen atoms in total. The lowest BCUT2D eigenvalue weighted by molar-refractivity contribution is -0.116. The lowest BCUT2D eigenvalue weighted by Crippen LogP contribution is -2.24. The van der Waals surface area contributed by atoms with Gasteiger partial charge in [-0.1, -0.05) is 23.7 Å². The highest BCUT2D eigenvalue weighted by Gasteiger charge is 2.00. The molecule has 110 valence electrons. The van der Waals surface area contributed by atoms with Gasteiger partial charge >= 0.3 is 0 Å². The molecule has 0 spiro atoms. The molecular formula is C16H17ClN2O2. The third-order valence-corrected chi connectivity index (χ3v) is 3.18. The number of nitrogens with one attached hydrogen (secondary N) is 1. The van der Waals surface area contributed by atoms with Crippen LogP contribution in [0.1, 0.15) is 19.0 Å². The molecule has 1 unspecified atom stereocenters. The van der Waals surface area contributed by atoms with Crippen LogP contribution in [0.3, 0.4) is 0 Å². The van der Waals surface area contributed by atoms with Gasteiger partial charge in [-0.2, -0.15) is 0 Å². The van der Waals surface area contributed by atoms with E-state index >= 15 is 0 Å². The van der Waals surface area contributed by atoms with E-state index in [0.29, 0.717) is 23.7 Å². The quantitative estimate of drug-likeness (QED) is 0.835. The molecule has 2 rings (SSSR count). The Morgan fingerprint density at radius 1 is 1.43 bits per heavy atom. The van der Waals surface area contributed by atoms with Crippen molar-refractivity contribution in [2.24, 2.45) is 0 Å². The van der Waals surface area contributed by atoms with Crippen molar-refractivity contribution in [1.29, 1.82) is 0 Å². The summed E-state index contributed by atoms with van der Waals surface area (Å²) in [6.45, 7) is 2.13. The average molecular weight is 305 g/mol. The molecule has 0 aliphatic heterocycles. The number of amides is 1. The van der Waals surface area contributed by atoms with E-state index < -0.39 is 6.10 Å². The second kappa shape index (κ2) is 7.20. The molecule has 1 heterocycles. The average Bonchev–Trinajstić information content (AvgIpc) is 2.44. The minimum absolute atomic E-state index is 0.205. The predicted octanol–water partition coefficient (Wildman–Crippen LogP) is 2.79. The highest BCUT2D eigenvalue weighted by Crippen LogP contribution is 2.18. The Hall–Kier alpha value is -1.91. The number of halogens is 1. The van der Waals surface area contributed by atoms with Crippen molar-refractivity contribution in [3.05, 3.63) is 47.1 Å². The molecule has 1 aromatic carbocycles. The Morgan fingerprint density at radius 3 is 2.95 bits per heavy atom. The van der Waals surface area contributed by atoms with Crippen molar-refractivity contribution in [2.75, 3.05) is 6.54 Å². The fourth-order valence-corrected chi connectivity index (χ4v) is 1.99. The van der Waals surface area contributed by atoms with Crippen molar-refractivity contribution in [1.82, 2.24) is 10.3 Å². The van der Waals surface area contributed by atoms with Gasteiger partial charge in [0.1, 0.15) is 0 Å². The van der Waals surface area contributed by atoms with E-state index in [1.807, 2.05) is 24.3 Å². The van der Waals surface area contributed by atoms with Crippen molar-refractivity contribution in [3.8, 4) is 0 Å². The predicted molar refractivity (Wildman–Crippen MR) is 85.1 cm³/mol. The fourth-order valence-electron chi connectivity index (χ4n) is 1.82. The van der Waals surface area contributed by atoms with Gasteiger partial charge in [-0.05, 0) is 37.6 Å². The second-order valence-electron chi connectivity index (χ2n) is 4.84. The number of aliphatic hydroxyl groups is 1. The van der Waals surface area contributed by atoms with Crippen LogP contribution in [0.15, 0.2) is 36.4 Å². The zero-order chi connectivity index (χ0) is 15.2. The van der Waals surface area contributed by atoms with Crippen LogP contribution in [0.5, 0.6) is 0 Å². The van der Waals surface area contributed by atoms with Gasteiger partial charge < -0.3 is 10.4 Å². The van der Waals surface area contributed by atoms with Crippen LogP contribution in [-0.4, -0.2) is 28.6 Å². The van der Waals surface area contributed by atoms with Gasteiger partial charge in [0.25, 0.3) is 0 Å². The van der Waals surface area contributed by atoms with E-state index in [9.17, 15) is 4.79 Å². The summed E-state index contributed by atoms with van der Waals surface area (Å²) < 4.78 is 0. The maximum atomic E-state index is 11.6. The number of aliphatic hydroxyl groups excluding tert-OH is 1. The highest BCUT2D eigenvalue weighted by molar-refractivity contribution is 6.31. The number of fused-ring (bicyclic) bond motifs is 1.